The zero-order valence-electron chi connectivity index (χ0n) is 37.5. The first kappa shape index (κ1) is 37.8. The van der Waals surface area contributed by atoms with E-state index in [1.54, 1.807) is 11.1 Å². The van der Waals surface area contributed by atoms with Crippen molar-refractivity contribution in [1.29, 1.82) is 0 Å². The number of anilines is 3. The average molecular weight is 859 g/mol. The molecule has 10 aromatic rings. The van der Waals surface area contributed by atoms with Gasteiger partial charge in [0.1, 0.15) is 0 Å². The number of rotatable bonds is 5. The summed E-state index contributed by atoms with van der Waals surface area (Å²) in [4.78, 5) is 2.59. The molecular formula is C65H50N2. The van der Waals surface area contributed by atoms with Crippen LogP contribution in [-0.2, 0) is 10.8 Å². The van der Waals surface area contributed by atoms with Gasteiger partial charge in [0.15, 0.2) is 0 Å². The van der Waals surface area contributed by atoms with Gasteiger partial charge in [-0.2, -0.15) is 0 Å². The third-order valence-electron chi connectivity index (χ3n) is 17.4. The lowest BCUT2D eigenvalue weighted by Gasteiger charge is -2.64. The van der Waals surface area contributed by atoms with Crippen molar-refractivity contribution < 1.29 is 0 Å². The maximum atomic E-state index is 2.59. The highest BCUT2D eigenvalue weighted by Crippen LogP contribution is 2.69. The largest absolute Gasteiger partial charge is 0.310 e. The highest BCUT2D eigenvalue weighted by Gasteiger charge is 2.61. The summed E-state index contributed by atoms with van der Waals surface area (Å²) in [6.07, 6.45) is 6.97. The first-order valence-corrected chi connectivity index (χ1v) is 24.7. The lowest BCUT2D eigenvalue weighted by Crippen LogP contribution is -2.57. The highest BCUT2D eigenvalue weighted by atomic mass is 15.2. The van der Waals surface area contributed by atoms with Crippen LogP contribution >= 0.6 is 0 Å². The van der Waals surface area contributed by atoms with Crippen LogP contribution < -0.4 is 4.90 Å². The monoisotopic (exact) mass is 858 g/mol. The van der Waals surface area contributed by atoms with Gasteiger partial charge in [-0.05, 0) is 154 Å². The Hall–Kier alpha value is -7.42. The molecule has 0 unspecified atom stereocenters. The Morgan fingerprint density at radius 3 is 1.57 bits per heavy atom. The molecule has 5 aliphatic carbocycles. The quantitative estimate of drug-likeness (QED) is 0.167. The van der Waals surface area contributed by atoms with Gasteiger partial charge in [0.2, 0.25) is 0 Å². The highest BCUT2D eigenvalue weighted by molar-refractivity contribution is 6.10. The lowest BCUT2D eigenvalue weighted by atomic mass is 9.41. The molecule has 0 saturated heterocycles. The van der Waals surface area contributed by atoms with Gasteiger partial charge in [0, 0.05) is 27.4 Å². The molecule has 9 aromatic carbocycles. The zero-order valence-corrected chi connectivity index (χ0v) is 37.5. The molecule has 0 amide bonds. The molecule has 320 valence electrons. The predicted molar refractivity (Wildman–Crippen MR) is 276 cm³/mol. The van der Waals surface area contributed by atoms with E-state index in [9.17, 15) is 0 Å². The smallest absolute Gasteiger partial charge is 0.0713 e. The molecule has 1 aromatic heterocycles. The second-order valence-electron chi connectivity index (χ2n) is 20.4. The summed E-state index contributed by atoms with van der Waals surface area (Å²) in [6, 6.07) is 83.0. The van der Waals surface area contributed by atoms with E-state index in [2.05, 4.69) is 228 Å². The zero-order chi connectivity index (χ0) is 43.8. The number of benzene rings is 9. The number of hydrogen-bond donors (Lipinski definition) is 0. The van der Waals surface area contributed by atoms with E-state index in [1.165, 1.54) is 121 Å². The van der Waals surface area contributed by atoms with Crippen LogP contribution in [0.5, 0.6) is 0 Å². The standard InChI is InChI=1S/C65H50N2/c1-2-18-45(19-3-1)64(55-25-8-4-22-51(55)52-23-5-9-26-56(52)64)46-33-34-61-54(41-46)53-24-7-13-30-60(53)67(61)59-29-12-6-21-50(59)44-17-16-20-49(40-44)66-62-31-14-10-27-57(62)65(58-28-11-15-32-63(58)66)47-36-42-35-43(38-47)39-48(65)37-42/h1-34,40-43,47-48H,35-39H2. The third kappa shape index (κ3) is 5.00. The second kappa shape index (κ2) is 14.0. The maximum absolute atomic E-state index is 2.59. The number of fused-ring (bicyclic) bond motifs is 8. The summed E-state index contributed by atoms with van der Waals surface area (Å²) in [5.41, 5.74) is 20.5. The predicted octanol–water partition coefficient (Wildman–Crippen LogP) is 16.3. The minimum absolute atomic E-state index is 0.0863. The minimum Gasteiger partial charge on any atom is -0.310 e. The molecule has 1 spiro atoms. The van der Waals surface area contributed by atoms with E-state index in [0.29, 0.717) is 11.8 Å². The van der Waals surface area contributed by atoms with E-state index in [1.807, 2.05) is 0 Å². The van der Waals surface area contributed by atoms with Gasteiger partial charge in [-0.15, -0.1) is 0 Å². The van der Waals surface area contributed by atoms with Crippen molar-refractivity contribution >= 4 is 38.9 Å². The Balaban J connectivity index is 0.901. The summed E-state index contributed by atoms with van der Waals surface area (Å²) >= 11 is 0. The van der Waals surface area contributed by atoms with Gasteiger partial charge in [0.05, 0.1) is 33.5 Å². The Morgan fingerprint density at radius 2 is 0.896 bits per heavy atom. The van der Waals surface area contributed by atoms with E-state index in [4.69, 9.17) is 0 Å². The Labute approximate surface area is 392 Å². The van der Waals surface area contributed by atoms with E-state index in [0.717, 1.165) is 11.8 Å². The van der Waals surface area contributed by atoms with Crippen molar-refractivity contribution in [3.63, 3.8) is 0 Å². The molecule has 2 heterocycles. The van der Waals surface area contributed by atoms with E-state index < -0.39 is 5.41 Å². The van der Waals surface area contributed by atoms with Gasteiger partial charge < -0.3 is 9.47 Å². The van der Waals surface area contributed by atoms with Crippen LogP contribution in [0.15, 0.2) is 218 Å². The van der Waals surface area contributed by atoms with Crippen molar-refractivity contribution in [3.05, 3.63) is 252 Å². The Morgan fingerprint density at radius 1 is 0.358 bits per heavy atom. The first-order valence-electron chi connectivity index (χ1n) is 24.7. The van der Waals surface area contributed by atoms with Crippen molar-refractivity contribution in [2.75, 3.05) is 4.90 Å². The molecule has 0 atom stereocenters. The van der Waals surface area contributed by atoms with Crippen LogP contribution in [0.3, 0.4) is 0 Å². The molecular weight excluding hydrogens is 809 g/mol. The van der Waals surface area contributed by atoms with Gasteiger partial charge in [-0.3, -0.25) is 0 Å². The van der Waals surface area contributed by atoms with Crippen molar-refractivity contribution in [1.82, 2.24) is 4.57 Å². The molecule has 0 radical (unpaired) electrons. The van der Waals surface area contributed by atoms with Crippen molar-refractivity contribution in [3.8, 4) is 27.9 Å². The number of aromatic nitrogens is 1. The Kier molecular flexibility index (Phi) is 7.92. The van der Waals surface area contributed by atoms with Gasteiger partial charge in [-0.1, -0.05) is 170 Å². The maximum Gasteiger partial charge on any atom is 0.0713 e. The van der Waals surface area contributed by atoms with Crippen LogP contribution in [0.2, 0.25) is 0 Å². The van der Waals surface area contributed by atoms with Crippen LogP contribution in [-0.4, -0.2) is 4.57 Å². The molecule has 16 rings (SSSR count). The topological polar surface area (TPSA) is 8.17 Å². The lowest BCUT2D eigenvalue weighted by molar-refractivity contribution is -0.0419. The fourth-order valence-electron chi connectivity index (χ4n) is 15.3. The molecule has 67 heavy (non-hydrogen) atoms. The molecule has 2 heteroatoms. The first-order chi connectivity index (χ1) is 33.2. The minimum atomic E-state index is -0.467. The summed E-state index contributed by atoms with van der Waals surface area (Å²) < 4.78 is 2.52. The van der Waals surface area contributed by atoms with E-state index >= 15 is 0 Å². The molecule has 4 fully saturated rings. The summed E-state index contributed by atoms with van der Waals surface area (Å²) in [7, 11) is 0. The van der Waals surface area contributed by atoms with Gasteiger partial charge >= 0.3 is 0 Å². The normalized spacial score (nSPS) is 21.0. The number of nitrogens with zero attached hydrogens (tertiary/aromatic N) is 2. The van der Waals surface area contributed by atoms with Crippen LogP contribution in [0, 0.1) is 23.7 Å². The summed E-state index contributed by atoms with van der Waals surface area (Å²) in [5, 5.41) is 2.51. The van der Waals surface area contributed by atoms with Gasteiger partial charge in [-0.25, -0.2) is 0 Å². The van der Waals surface area contributed by atoms with Crippen LogP contribution in [0.1, 0.15) is 65.5 Å². The molecule has 4 bridgehead atoms. The van der Waals surface area contributed by atoms with Crippen LogP contribution in [0.25, 0.3) is 49.7 Å². The molecule has 4 saturated carbocycles. The van der Waals surface area contributed by atoms with Crippen LogP contribution in [0.4, 0.5) is 17.1 Å². The SMILES string of the molecule is c1ccc(C2(c3ccc4c(c3)c3ccccc3n4-c3ccccc3-c3cccc(N4c5ccccc5C5(c6ccccc64)C4CC6CC(C4)CC5C6)c3)c3ccccc3-c3ccccc32)cc1. The molecule has 0 N–H and O–H groups in total. The third-order valence-corrected chi connectivity index (χ3v) is 17.4. The van der Waals surface area contributed by atoms with Crippen molar-refractivity contribution in [2.24, 2.45) is 23.7 Å². The van der Waals surface area contributed by atoms with Crippen molar-refractivity contribution in [2.45, 2.75) is 42.9 Å². The Bertz CT molecular complexity index is 3510. The fraction of sp³-hybridized carbons (Fsp3) is 0.169. The summed E-state index contributed by atoms with van der Waals surface area (Å²) in [5.74, 6) is 3.24. The summed E-state index contributed by atoms with van der Waals surface area (Å²) in [6.45, 7) is 0. The second-order valence-corrected chi connectivity index (χ2v) is 20.4. The van der Waals surface area contributed by atoms with Gasteiger partial charge in [0.25, 0.3) is 0 Å². The molecule has 6 aliphatic rings. The number of hydrogen-bond acceptors (Lipinski definition) is 1. The molecule has 2 nitrogen and oxygen atoms in total. The molecule has 1 aliphatic heterocycles. The van der Waals surface area contributed by atoms with E-state index in [-0.39, 0.29) is 5.41 Å². The average Bonchev–Trinajstić information content (AvgIpc) is 3.88. The number of para-hydroxylation sites is 4. The fourth-order valence-corrected chi connectivity index (χ4v) is 15.3.